The van der Waals surface area contributed by atoms with Gasteiger partial charge in [-0.1, -0.05) is 66.7 Å². The minimum Gasteiger partial charge on any atom is -0.455 e. The number of para-hydroxylation sites is 1. The second-order valence-corrected chi connectivity index (χ2v) is 7.96. The van der Waals surface area contributed by atoms with Gasteiger partial charge in [-0.3, -0.25) is 9.59 Å². The van der Waals surface area contributed by atoms with Crippen LogP contribution in [0, 0.1) is 0 Å². The van der Waals surface area contributed by atoms with Crippen LogP contribution in [-0.4, -0.2) is 23.7 Å². The van der Waals surface area contributed by atoms with Gasteiger partial charge < -0.3 is 10.1 Å². The molecule has 1 N–H and O–H groups in total. The second kappa shape index (κ2) is 10.5. The van der Waals surface area contributed by atoms with Crippen molar-refractivity contribution < 1.29 is 14.3 Å². The van der Waals surface area contributed by atoms with Crippen LogP contribution in [0.15, 0.2) is 89.8 Å². The highest BCUT2D eigenvalue weighted by Gasteiger charge is 2.17. The molecule has 0 fully saturated rings. The molecule has 3 aromatic rings. The third-order valence-corrected chi connectivity index (χ3v) is 5.35. The fourth-order valence-electron chi connectivity index (χ4n) is 2.80. The first-order valence-electron chi connectivity index (χ1n) is 9.42. The van der Waals surface area contributed by atoms with Crippen LogP contribution in [0.5, 0.6) is 0 Å². The van der Waals surface area contributed by atoms with E-state index in [1.165, 1.54) is 11.8 Å². The largest absolute Gasteiger partial charge is 0.455 e. The molecular weight excluding hydrogens is 382 g/mol. The Balaban J connectivity index is 1.52. The van der Waals surface area contributed by atoms with Crippen molar-refractivity contribution >= 4 is 29.3 Å². The minimum atomic E-state index is -0.411. The number of thioether (sulfide) groups is 1. The topological polar surface area (TPSA) is 55.4 Å². The van der Waals surface area contributed by atoms with Crippen molar-refractivity contribution in [3.05, 3.63) is 96.1 Å². The highest BCUT2D eigenvalue weighted by atomic mass is 32.2. The molecule has 0 aromatic heterocycles. The second-order valence-electron chi connectivity index (χ2n) is 6.55. The minimum absolute atomic E-state index is 0.307. The lowest BCUT2D eigenvalue weighted by Gasteiger charge is -2.13. The average molecular weight is 406 g/mol. The molecule has 3 rings (SSSR count). The van der Waals surface area contributed by atoms with Crippen molar-refractivity contribution in [3.63, 3.8) is 0 Å². The first-order valence-corrected chi connectivity index (χ1v) is 10.3. The zero-order valence-electron chi connectivity index (χ0n) is 16.2. The van der Waals surface area contributed by atoms with Crippen molar-refractivity contribution in [3.8, 4) is 0 Å². The van der Waals surface area contributed by atoms with Gasteiger partial charge in [0.1, 0.15) is 5.25 Å². The summed E-state index contributed by atoms with van der Waals surface area (Å²) in [5, 5.41) is 2.46. The number of hydrogen-bond acceptors (Lipinski definition) is 4. The van der Waals surface area contributed by atoms with Crippen LogP contribution in [0.25, 0.3) is 0 Å². The molecule has 5 heteroatoms. The summed E-state index contributed by atoms with van der Waals surface area (Å²) in [4.78, 5) is 25.5. The molecule has 4 nitrogen and oxygen atoms in total. The monoisotopic (exact) mass is 405 g/mol. The molecule has 0 saturated heterocycles. The molecule has 0 aliphatic heterocycles. The van der Waals surface area contributed by atoms with Crippen molar-refractivity contribution in [1.29, 1.82) is 0 Å². The van der Waals surface area contributed by atoms with Gasteiger partial charge in [0.05, 0.1) is 0 Å². The van der Waals surface area contributed by atoms with Gasteiger partial charge in [0.15, 0.2) is 6.61 Å². The molecule has 148 valence electrons. The van der Waals surface area contributed by atoms with E-state index in [0.717, 1.165) is 21.7 Å². The van der Waals surface area contributed by atoms with Crippen molar-refractivity contribution in [2.75, 3.05) is 11.9 Å². The van der Waals surface area contributed by atoms with E-state index >= 15 is 0 Å². The Bertz CT molecular complexity index is 945. The van der Waals surface area contributed by atoms with Crippen LogP contribution in [0.1, 0.15) is 18.1 Å². The van der Waals surface area contributed by atoms with Crippen LogP contribution in [-0.2, 0) is 20.7 Å². The summed E-state index contributed by atoms with van der Waals surface area (Å²) < 4.78 is 5.20. The number of nitrogens with one attached hydrogen (secondary N) is 1. The molecule has 0 radical (unpaired) electrons. The number of rotatable bonds is 8. The van der Waals surface area contributed by atoms with E-state index in [2.05, 4.69) is 5.32 Å². The quantitative estimate of drug-likeness (QED) is 0.426. The van der Waals surface area contributed by atoms with Crippen LogP contribution in [0.3, 0.4) is 0 Å². The fourth-order valence-corrected chi connectivity index (χ4v) is 3.69. The van der Waals surface area contributed by atoms with E-state index in [9.17, 15) is 9.59 Å². The summed E-state index contributed by atoms with van der Waals surface area (Å²) in [6.07, 6.45) is 0.710. The van der Waals surface area contributed by atoms with Crippen molar-refractivity contribution in [2.24, 2.45) is 0 Å². The zero-order chi connectivity index (χ0) is 20.5. The summed E-state index contributed by atoms with van der Waals surface area (Å²) in [5.41, 5.74) is 2.89. The average Bonchev–Trinajstić information content (AvgIpc) is 2.75. The molecule has 0 unspecified atom stereocenters. The predicted molar refractivity (Wildman–Crippen MR) is 117 cm³/mol. The summed E-state index contributed by atoms with van der Waals surface area (Å²) in [6.45, 7) is 1.46. The Kier molecular flexibility index (Phi) is 7.47. The first-order chi connectivity index (χ1) is 14.1. The van der Waals surface area contributed by atoms with Crippen LogP contribution < -0.4 is 5.32 Å². The summed E-state index contributed by atoms with van der Waals surface area (Å²) in [6, 6.07) is 27.3. The number of esters is 1. The van der Waals surface area contributed by atoms with Gasteiger partial charge in [-0.05, 0) is 42.7 Å². The Morgan fingerprint density at radius 2 is 1.52 bits per heavy atom. The van der Waals surface area contributed by atoms with Gasteiger partial charge in [-0.2, -0.15) is 0 Å². The number of amides is 1. The molecule has 0 bridgehead atoms. The number of hydrogen-bond donors (Lipinski definition) is 1. The molecule has 29 heavy (non-hydrogen) atoms. The predicted octanol–water partition coefficient (Wildman–Crippen LogP) is 4.94. The molecule has 0 heterocycles. The van der Waals surface area contributed by atoms with E-state index in [0.29, 0.717) is 6.42 Å². The van der Waals surface area contributed by atoms with E-state index in [4.69, 9.17) is 4.74 Å². The normalized spacial score (nSPS) is 11.5. The number of ether oxygens (including phenoxy) is 1. The van der Waals surface area contributed by atoms with Crippen molar-refractivity contribution in [2.45, 2.75) is 23.5 Å². The lowest BCUT2D eigenvalue weighted by atomic mass is 10.0. The number of carbonyl (C=O) groups excluding carboxylic acids is 2. The lowest BCUT2D eigenvalue weighted by Crippen LogP contribution is -2.25. The molecule has 0 aliphatic carbocycles. The summed E-state index contributed by atoms with van der Waals surface area (Å²) in [5.74, 6) is -0.762. The zero-order valence-corrected chi connectivity index (χ0v) is 17.0. The van der Waals surface area contributed by atoms with Crippen LogP contribution in [0.4, 0.5) is 5.69 Å². The lowest BCUT2D eigenvalue weighted by molar-refractivity contribution is -0.146. The number of carbonyl (C=O) groups is 2. The van der Waals surface area contributed by atoms with Gasteiger partial charge in [0.25, 0.3) is 5.91 Å². The summed E-state index contributed by atoms with van der Waals surface area (Å²) >= 11 is 1.40. The van der Waals surface area contributed by atoms with Crippen LogP contribution >= 0.6 is 11.8 Å². The smallest absolute Gasteiger partial charge is 0.319 e. The Hall–Kier alpha value is -3.05. The number of anilines is 1. The molecule has 1 atom stereocenters. The maximum atomic E-state index is 12.3. The maximum Gasteiger partial charge on any atom is 0.319 e. The standard InChI is InChI=1S/C24H23NO3S/c1-18(29-21-13-6-3-7-14-21)24(27)28-17-23(26)25-22-15-9-8-12-20(22)16-19-10-4-2-5-11-19/h2-15,18H,16-17H2,1H3,(H,25,26)/t18-/m0/s1. The van der Waals surface area contributed by atoms with Crippen molar-refractivity contribution in [1.82, 2.24) is 0 Å². The molecule has 1 amide bonds. The molecule has 0 aliphatic rings. The molecule has 0 saturated carbocycles. The summed E-state index contributed by atoms with van der Waals surface area (Å²) in [7, 11) is 0. The third kappa shape index (κ3) is 6.50. The molecular formula is C24H23NO3S. The third-order valence-electron chi connectivity index (χ3n) is 4.26. The van der Waals surface area contributed by atoms with Gasteiger partial charge in [0.2, 0.25) is 0 Å². The fraction of sp³-hybridized carbons (Fsp3) is 0.167. The van der Waals surface area contributed by atoms with Gasteiger partial charge in [-0.25, -0.2) is 0 Å². The van der Waals surface area contributed by atoms with E-state index in [-0.39, 0.29) is 12.5 Å². The Morgan fingerprint density at radius 1 is 0.897 bits per heavy atom. The molecule has 0 spiro atoms. The number of benzene rings is 3. The van der Waals surface area contributed by atoms with E-state index in [1.807, 2.05) is 84.9 Å². The maximum absolute atomic E-state index is 12.3. The van der Waals surface area contributed by atoms with Gasteiger partial charge in [-0.15, -0.1) is 11.8 Å². The SMILES string of the molecule is C[C@H](Sc1ccccc1)C(=O)OCC(=O)Nc1ccccc1Cc1ccccc1. The first kappa shape index (κ1) is 20.7. The highest BCUT2D eigenvalue weighted by molar-refractivity contribution is 8.00. The Morgan fingerprint density at radius 3 is 2.24 bits per heavy atom. The Labute approximate surface area is 175 Å². The van der Waals surface area contributed by atoms with Gasteiger partial charge in [0, 0.05) is 10.6 Å². The van der Waals surface area contributed by atoms with Gasteiger partial charge >= 0.3 is 5.97 Å². The van der Waals surface area contributed by atoms with Crippen LogP contribution in [0.2, 0.25) is 0 Å². The highest BCUT2D eigenvalue weighted by Crippen LogP contribution is 2.23. The van der Waals surface area contributed by atoms with E-state index < -0.39 is 11.2 Å². The molecule has 3 aromatic carbocycles. The van der Waals surface area contributed by atoms with E-state index in [1.54, 1.807) is 6.92 Å².